The summed E-state index contributed by atoms with van der Waals surface area (Å²) >= 11 is 0. The summed E-state index contributed by atoms with van der Waals surface area (Å²) in [5.41, 5.74) is 5.02. The Morgan fingerprint density at radius 2 is 1.52 bits per heavy atom. The number of carbonyl (C=O) groups is 1. The second-order valence-corrected chi connectivity index (χ2v) is 7.17. The SMILES string of the molecule is CCN(CC)c1ccc(C2C=Cc3ccccc3N2C(=O)c2ccccc2)cc1. The first kappa shape index (κ1) is 19.0. The summed E-state index contributed by atoms with van der Waals surface area (Å²) < 4.78 is 0. The van der Waals surface area contributed by atoms with Gasteiger partial charge in [-0.05, 0) is 55.3 Å². The molecule has 3 heteroatoms. The van der Waals surface area contributed by atoms with Crippen LogP contribution in [0.1, 0.15) is 41.4 Å². The van der Waals surface area contributed by atoms with Crippen molar-refractivity contribution in [3.8, 4) is 0 Å². The molecule has 3 nitrogen and oxygen atoms in total. The smallest absolute Gasteiger partial charge is 0.259 e. The van der Waals surface area contributed by atoms with Crippen LogP contribution < -0.4 is 9.80 Å². The molecule has 4 rings (SSSR count). The van der Waals surface area contributed by atoms with Crippen molar-refractivity contribution in [2.45, 2.75) is 19.9 Å². The summed E-state index contributed by atoms with van der Waals surface area (Å²) in [5, 5.41) is 0. The van der Waals surface area contributed by atoms with E-state index in [2.05, 4.69) is 61.2 Å². The zero-order valence-electron chi connectivity index (χ0n) is 17.0. The van der Waals surface area contributed by atoms with Crippen LogP contribution in [0.4, 0.5) is 11.4 Å². The molecule has 146 valence electrons. The fraction of sp³-hybridized carbons (Fsp3) is 0.192. The molecule has 0 saturated carbocycles. The van der Waals surface area contributed by atoms with Crippen LogP contribution in [0.2, 0.25) is 0 Å². The van der Waals surface area contributed by atoms with Crippen LogP contribution >= 0.6 is 0 Å². The average Bonchev–Trinajstić information content (AvgIpc) is 2.80. The highest BCUT2D eigenvalue weighted by Crippen LogP contribution is 2.37. The van der Waals surface area contributed by atoms with Gasteiger partial charge in [-0.15, -0.1) is 0 Å². The van der Waals surface area contributed by atoms with Crippen LogP contribution in [0.25, 0.3) is 6.08 Å². The summed E-state index contributed by atoms with van der Waals surface area (Å²) in [6, 6.07) is 26.0. The molecule has 3 aromatic rings. The fourth-order valence-electron chi connectivity index (χ4n) is 3.97. The van der Waals surface area contributed by atoms with Crippen LogP contribution in [0.3, 0.4) is 0 Å². The van der Waals surface area contributed by atoms with E-state index in [4.69, 9.17) is 0 Å². The number of amides is 1. The van der Waals surface area contributed by atoms with E-state index in [0.717, 1.165) is 29.9 Å². The topological polar surface area (TPSA) is 23.6 Å². The minimum absolute atomic E-state index is 0.0141. The number of hydrogen-bond acceptors (Lipinski definition) is 2. The maximum Gasteiger partial charge on any atom is 0.259 e. The van der Waals surface area contributed by atoms with Crippen LogP contribution in [0.5, 0.6) is 0 Å². The number of para-hydroxylation sites is 1. The maximum absolute atomic E-state index is 13.5. The molecule has 0 radical (unpaired) electrons. The van der Waals surface area contributed by atoms with E-state index in [0.29, 0.717) is 5.56 Å². The first-order valence-electron chi connectivity index (χ1n) is 10.2. The largest absolute Gasteiger partial charge is 0.372 e. The van der Waals surface area contributed by atoms with Crippen molar-refractivity contribution in [1.29, 1.82) is 0 Å². The molecule has 1 amide bonds. The van der Waals surface area contributed by atoms with Gasteiger partial charge in [0.1, 0.15) is 0 Å². The van der Waals surface area contributed by atoms with Gasteiger partial charge in [0.25, 0.3) is 5.91 Å². The Labute approximate surface area is 172 Å². The molecular weight excluding hydrogens is 356 g/mol. The Morgan fingerprint density at radius 1 is 0.862 bits per heavy atom. The van der Waals surface area contributed by atoms with Gasteiger partial charge in [0, 0.05) is 24.3 Å². The van der Waals surface area contributed by atoms with Gasteiger partial charge in [-0.1, -0.05) is 60.7 Å². The van der Waals surface area contributed by atoms with Crippen molar-refractivity contribution < 1.29 is 4.79 Å². The van der Waals surface area contributed by atoms with Crippen LogP contribution in [-0.2, 0) is 0 Å². The predicted octanol–water partition coefficient (Wildman–Crippen LogP) is 5.95. The summed E-state index contributed by atoms with van der Waals surface area (Å²) in [4.78, 5) is 17.7. The monoisotopic (exact) mass is 382 g/mol. The van der Waals surface area contributed by atoms with Gasteiger partial charge in [-0.25, -0.2) is 0 Å². The van der Waals surface area contributed by atoms with Gasteiger partial charge in [0.05, 0.1) is 11.7 Å². The Bertz CT molecular complexity index is 1000. The second-order valence-electron chi connectivity index (χ2n) is 7.17. The lowest BCUT2D eigenvalue weighted by molar-refractivity contribution is 0.0980. The number of hydrogen-bond donors (Lipinski definition) is 0. The van der Waals surface area contributed by atoms with E-state index < -0.39 is 0 Å². The molecule has 0 fully saturated rings. The molecule has 0 bridgehead atoms. The van der Waals surface area contributed by atoms with Crippen LogP contribution in [-0.4, -0.2) is 19.0 Å². The lowest BCUT2D eigenvalue weighted by Gasteiger charge is -2.34. The Kier molecular flexibility index (Phi) is 5.48. The number of anilines is 2. The molecule has 0 saturated heterocycles. The van der Waals surface area contributed by atoms with Gasteiger partial charge in [-0.2, -0.15) is 0 Å². The summed E-state index contributed by atoms with van der Waals surface area (Å²) in [5.74, 6) is 0.0141. The van der Waals surface area contributed by atoms with E-state index in [9.17, 15) is 4.79 Å². The minimum atomic E-state index is -0.136. The minimum Gasteiger partial charge on any atom is -0.372 e. The molecule has 0 spiro atoms. The fourth-order valence-corrected chi connectivity index (χ4v) is 3.97. The van der Waals surface area contributed by atoms with Crippen LogP contribution in [0.15, 0.2) is 84.9 Å². The molecule has 29 heavy (non-hydrogen) atoms. The molecule has 1 heterocycles. The van der Waals surface area contributed by atoms with E-state index in [1.807, 2.05) is 53.4 Å². The van der Waals surface area contributed by atoms with Crippen molar-refractivity contribution in [2.24, 2.45) is 0 Å². The van der Waals surface area contributed by atoms with Gasteiger partial charge < -0.3 is 4.90 Å². The highest BCUT2D eigenvalue weighted by molar-refractivity contribution is 6.08. The summed E-state index contributed by atoms with van der Waals surface area (Å²) in [6.07, 6.45) is 4.24. The zero-order valence-corrected chi connectivity index (χ0v) is 17.0. The highest BCUT2D eigenvalue weighted by atomic mass is 16.2. The Balaban J connectivity index is 1.74. The van der Waals surface area contributed by atoms with Gasteiger partial charge in [0.15, 0.2) is 0 Å². The Hall–Kier alpha value is -3.33. The molecule has 1 aliphatic rings. The van der Waals surface area contributed by atoms with Gasteiger partial charge >= 0.3 is 0 Å². The summed E-state index contributed by atoms with van der Waals surface area (Å²) in [6.45, 7) is 6.29. The molecule has 1 aliphatic heterocycles. The van der Waals surface area contributed by atoms with Crippen molar-refractivity contribution in [3.63, 3.8) is 0 Å². The molecular formula is C26H26N2O. The zero-order chi connectivity index (χ0) is 20.2. The van der Waals surface area contributed by atoms with Gasteiger partial charge in [-0.3, -0.25) is 9.69 Å². The number of carbonyl (C=O) groups excluding carboxylic acids is 1. The van der Waals surface area contributed by atoms with E-state index in [-0.39, 0.29) is 11.9 Å². The lowest BCUT2D eigenvalue weighted by Crippen LogP contribution is -2.36. The predicted molar refractivity (Wildman–Crippen MR) is 121 cm³/mol. The Morgan fingerprint density at radius 3 is 2.21 bits per heavy atom. The average molecular weight is 383 g/mol. The van der Waals surface area contributed by atoms with Gasteiger partial charge in [0.2, 0.25) is 0 Å². The standard InChI is InChI=1S/C26H26N2O/c1-3-27(4-2)23-17-14-21(15-18-23)25-19-16-20-10-8-9-13-24(20)28(25)26(29)22-11-6-5-7-12-22/h5-19,25H,3-4H2,1-2H3. The van der Waals surface area contributed by atoms with Crippen molar-refractivity contribution in [1.82, 2.24) is 0 Å². The van der Waals surface area contributed by atoms with E-state index >= 15 is 0 Å². The number of fused-ring (bicyclic) bond motifs is 1. The highest BCUT2D eigenvalue weighted by Gasteiger charge is 2.29. The van der Waals surface area contributed by atoms with Crippen molar-refractivity contribution >= 4 is 23.4 Å². The number of rotatable bonds is 5. The third-order valence-corrected chi connectivity index (χ3v) is 5.54. The third kappa shape index (κ3) is 3.68. The van der Waals surface area contributed by atoms with Crippen LogP contribution in [0, 0.1) is 0 Å². The maximum atomic E-state index is 13.5. The quantitative estimate of drug-likeness (QED) is 0.544. The van der Waals surface area contributed by atoms with E-state index in [1.165, 1.54) is 5.69 Å². The third-order valence-electron chi connectivity index (χ3n) is 5.54. The second kappa shape index (κ2) is 8.36. The molecule has 0 aliphatic carbocycles. The number of benzene rings is 3. The number of nitrogens with zero attached hydrogens (tertiary/aromatic N) is 2. The molecule has 1 atom stereocenters. The van der Waals surface area contributed by atoms with E-state index in [1.54, 1.807) is 0 Å². The molecule has 0 N–H and O–H groups in total. The normalized spacial score (nSPS) is 15.1. The first-order valence-corrected chi connectivity index (χ1v) is 10.2. The molecule has 1 unspecified atom stereocenters. The summed E-state index contributed by atoms with van der Waals surface area (Å²) in [7, 11) is 0. The first-order chi connectivity index (χ1) is 14.2. The molecule has 3 aromatic carbocycles. The van der Waals surface area contributed by atoms with Crippen molar-refractivity contribution in [2.75, 3.05) is 22.9 Å². The van der Waals surface area contributed by atoms with Crippen molar-refractivity contribution in [3.05, 3.63) is 102 Å². The lowest BCUT2D eigenvalue weighted by atomic mass is 9.96. The molecule has 0 aromatic heterocycles.